The Hall–Kier alpha value is -2.99. The van der Waals surface area contributed by atoms with E-state index in [2.05, 4.69) is 45.2 Å². The fraction of sp³-hybridized carbons (Fsp3) is 0.286. The Morgan fingerprint density at radius 1 is 1.04 bits per heavy atom. The van der Waals surface area contributed by atoms with Gasteiger partial charge in [0.2, 0.25) is 11.8 Å². The van der Waals surface area contributed by atoms with Crippen molar-refractivity contribution < 1.29 is 4.42 Å². The first kappa shape index (κ1) is 17.4. The highest BCUT2D eigenvalue weighted by Crippen LogP contribution is 2.21. The highest BCUT2D eigenvalue weighted by atomic mass is 16.4. The first-order valence-electron chi connectivity index (χ1n) is 9.29. The maximum absolute atomic E-state index is 5.93. The van der Waals surface area contributed by atoms with Crippen LogP contribution in [0, 0.1) is 0 Å². The van der Waals surface area contributed by atoms with Crippen molar-refractivity contribution in [3.63, 3.8) is 0 Å². The van der Waals surface area contributed by atoms with Crippen LogP contribution < -0.4 is 5.32 Å². The van der Waals surface area contributed by atoms with Gasteiger partial charge in [0.25, 0.3) is 0 Å². The van der Waals surface area contributed by atoms with E-state index in [1.165, 1.54) is 5.56 Å². The normalized spacial score (nSPS) is 11.3. The molecule has 0 spiro atoms. The maximum Gasteiger partial charge on any atom is 0.247 e. The molecule has 1 N–H and O–H groups in total. The van der Waals surface area contributed by atoms with Gasteiger partial charge >= 0.3 is 0 Å². The largest absolute Gasteiger partial charge is 0.419 e. The molecular formula is C21H23N5O. The second-order valence-corrected chi connectivity index (χ2v) is 6.58. The lowest BCUT2D eigenvalue weighted by molar-refractivity contribution is 0.485. The number of aryl methyl sites for hydroxylation is 1. The summed E-state index contributed by atoms with van der Waals surface area (Å²) in [7, 11) is 1.91. The fourth-order valence-electron chi connectivity index (χ4n) is 3.27. The molecule has 0 saturated carbocycles. The summed E-state index contributed by atoms with van der Waals surface area (Å²) in [5, 5.41) is 11.6. The summed E-state index contributed by atoms with van der Waals surface area (Å²) >= 11 is 0. The third-order valence-electron chi connectivity index (χ3n) is 4.57. The van der Waals surface area contributed by atoms with Crippen LogP contribution in [0.4, 0.5) is 0 Å². The number of benzene rings is 2. The summed E-state index contributed by atoms with van der Waals surface area (Å²) < 4.78 is 8.05. The number of nitrogens with one attached hydrogen (secondary N) is 1. The van der Waals surface area contributed by atoms with Gasteiger partial charge in [0.05, 0.1) is 17.6 Å². The highest BCUT2D eigenvalue weighted by Gasteiger charge is 2.14. The number of hydrogen-bond acceptors (Lipinski definition) is 5. The lowest BCUT2D eigenvalue weighted by atomic mass is 10.1. The molecule has 4 rings (SSSR count). The Kier molecular flexibility index (Phi) is 4.98. The Balaban J connectivity index is 1.61. The van der Waals surface area contributed by atoms with Gasteiger partial charge in [0.1, 0.15) is 12.4 Å². The molecule has 0 aliphatic heterocycles. The zero-order chi connectivity index (χ0) is 18.6. The summed E-state index contributed by atoms with van der Waals surface area (Å²) in [6, 6.07) is 16.4. The molecule has 2 aromatic carbocycles. The minimum atomic E-state index is 0.498. The summed E-state index contributed by atoms with van der Waals surface area (Å²) in [4.78, 5) is 4.70. The number of fused-ring (bicyclic) bond motifs is 1. The van der Waals surface area contributed by atoms with E-state index in [1.54, 1.807) is 0 Å². The molecule has 0 amide bonds. The van der Waals surface area contributed by atoms with Crippen LogP contribution in [0.2, 0.25) is 0 Å². The van der Waals surface area contributed by atoms with Crippen molar-refractivity contribution in [2.24, 2.45) is 0 Å². The molecule has 138 valence electrons. The Labute approximate surface area is 158 Å². The molecule has 6 nitrogen and oxygen atoms in total. The van der Waals surface area contributed by atoms with Crippen LogP contribution in [-0.2, 0) is 19.5 Å². The van der Waals surface area contributed by atoms with Crippen LogP contribution in [-0.4, -0.2) is 26.8 Å². The molecular weight excluding hydrogens is 338 g/mol. The molecule has 0 radical (unpaired) electrons. The lowest BCUT2D eigenvalue weighted by Crippen LogP contribution is -2.13. The summed E-state index contributed by atoms with van der Waals surface area (Å²) in [6.45, 7) is 3.35. The number of hydrogen-bond donors (Lipinski definition) is 1. The molecule has 0 aliphatic carbocycles. The first-order chi connectivity index (χ1) is 13.3. The molecule has 6 heteroatoms. The van der Waals surface area contributed by atoms with Crippen LogP contribution >= 0.6 is 0 Å². The molecule has 0 aliphatic rings. The van der Waals surface area contributed by atoms with Gasteiger partial charge in [-0.3, -0.25) is 0 Å². The smallest absolute Gasteiger partial charge is 0.247 e. The van der Waals surface area contributed by atoms with Gasteiger partial charge < -0.3 is 14.3 Å². The van der Waals surface area contributed by atoms with Gasteiger partial charge in [-0.05, 0) is 43.3 Å². The maximum atomic E-state index is 5.93. The summed E-state index contributed by atoms with van der Waals surface area (Å²) in [5.74, 6) is 2.07. The number of para-hydroxylation sites is 2. The average Bonchev–Trinajstić information content (AvgIpc) is 3.29. The molecule has 27 heavy (non-hydrogen) atoms. The summed E-state index contributed by atoms with van der Waals surface area (Å²) in [6.07, 6.45) is 2.22. The SMILES string of the molecule is CCCc1ccc(-c2nnc(Cn3c(CNC)nc4ccccc43)o2)cc1. The minimum absolute atomic E-state index is 0.498. The van der Waals surface area contributed by atoms with Crippen LogP contribution in [0.25, 0.3) is 22.5 Å². The van der Waals surface area contributed by atoms with Crippen molar-refractivity contribution in [3.8, 4) is 11.5 Å². The molecule has 4 aromatic rings. The summed E-state index contributed by atoms with van der Waals surface area (Å²) in [5.41, 5.74) is 4.29. The van der Waals surface area contributed by atoms with Gasteiger partial charge in [-0.1, -0.05) is 37.6 Å². The molecule has 0 atom stereocenters. The van der Waals surface area contributed by atoms with Gasteiger partial charge in [-0.2, -0.15) is 0 Å². The standard InChI is InChI=1S/C21H23N5O/c1-3-6-15-9-11-16(12-10-15)21-25-24-20(27-21)14-26-18-8-5-4-7-17(18)23-19(26)13-22-2/h4-5,7-12,22H,3,6,13-14H2,1-2H3. The highest BCUT2D eigenvalue weighted by molar-refractivity contribution is 5.76. The van der Waals surface area contributed by atoms with Crippen LogP contribution in [0.5, 0.6) is 0 Å². The second-order valence-electron chi connectivity index (χ2n) is 6.58. The van der Waals surface area contributed by atoms with Crippen molar-refractivity contribution >= 4 is 11.0 Å². The molecule has 2 aromatic heterocycles. The van der Waals surface area contributed by atoms with Crippen molar-refractivity contribution in [2.45, 2.75) is 32.9 Å². The van der Waals surface area contributed by atoms with E-state index in [1.807, 2.05) is 37.4 Å². The van der Waals surface area contributed by atoms with Gasteiger partial charge in [-0.15, -0.1) is 10.2 Å². The van der Waals surface area contributed by atoms with E-state index in [9.17, 15) is 0 Å². The zero-order valence-electron chi connectivity index (χ0n) is 15.6. The fourth-order valence-corrected chi connectivity index (χ4v) is 3.27. The van der Waals surface area contributed by atoms with Crippen molar-refractivity contribution in [1.29, 1.82) is 0 Å². The van der Waals surface area contributed by atoms with E-state index < -0.39 is 0 Å². The molecule has 0 fully saturated rings. The van der Waals surface area contributed by atoms with E-state index >= 15 is 0 Å². The Morgan fingerprint density at radius 3 is 2.63 bits per heavy atom. The van der Waals surface area contributed by atoms with E-state index in [4.69, 9.17) is 9.40 Å². The minimum Gasteiger partial charge on any atom is -0.419 e. The topological polar surface area (TPSA) is 68.8 Å². The first-order valence-corrected chi connectivity index (χ1v) is 9.29. The van der Waals surface area contributed by atoms with E-state index in [0.29, 0.717) is 24.9 Å². The molecule has 2 heterocycles. The van der Waals surface area contributed by atoms with Crippen molar-refractivity contribution in [2.75, 3.05) is 7.05 Å². The number of aromatic nitrogens is 4. The lowest BCUT2D eigenvalue weighted by Gasteiger charge is -2.06. The monoisotopic (exact) mass is 361 g/mol. The third kappa shape index (κ3) is 3.61. The number of imidazole rings is 1. The predicted molar refractivity (Wildman–Crippen MR) is 105 cm³/mol. The van der Waals surface area contributed by atoms with Gasteiger partial charge in [-0.25, -0.2) is 4.98 Å². The average molecular weight is 361 g/mol. The van der Waals surface area contributed by atoms with Crippen LogP contribution in [0.3, 0.4) is 0 Å². The Bertz CT molecular complexity index is 1030. The number of rotatable bonds is 7. The van der Waals surface area contributed by atoms with E-state index in [-0.39, 0.29) is 0 Å². The van der Waals surface area contributed by atoms with Gasteiger partial charge in [0, 0.05) is 5.56 Å². The van der Waals surface area contributed by atoms with Crippen molar-refractivity contribution in [3.05, 3.63) is 65.8 Å². The van der Waals surface area contributed by atoms with E-state index in [0.717, 1.165) is 35.3 Å². The molecule has 0 bridgehead atoms. The quantitative estimate of drug-likeness (QED) is 0.542. The van der Waals surface area contributed by atoms with Crippen molar-refractivity contribution in [1.82, 2.24) is 25.1 Å². The van der Waals surface area contributed by atoms with Crippen LogP contribution in [0.1, 0.15) is 30.6 Å². The zero-order valence-corrected chi connectivity index (χ0v) is 15.6. The predicted octanol–water partition coefficient (Wildman–Crippen LogP) is 3.81. The second kappa shape index (κ2) is 7.72. The van der Waals surface area contributed by atoms with Crippen LogP contribution in [0.15, 0.2) is 52.9 Å². The third-order valence-corrected chi connectivity index (χ3v) is 4.57. The number of nitrogens with zero attached hydrogens (tertiary/aromatic N) is 4. The molecule has 0 unspecified atom stereocenters. The van der Waals surface area contributed by atoms with Gasteiger partial charge in [0.15, 0.2) is 0 Å². The Morgan fingerprint density at radius 2 is 1.85 bits per heavy atom. The molecule has 0 saturated heterocycles.